The molecule has 0 atom stereocenters. The van der Waals surface area contributed by atoms with Gasteiger partial charge in [0, 0.05) is 17.2 Å². The quantitative estimate of drug-likeness (QED) is 0.601. The first-order valence-electron chi connectivity index (χ1n) is 6.59. The molecule has 1 heterocycles. The first-order valence-corrected chi connectivity index (χ1v) is 8.03. The zero-order valence-electron chi connectivity index (χ0n) is 12.9. The predicted octanol–water partition coefficient (Wildman–Crippen LogP) is -0.282. The van der Waals surface area contributed by atoms with Gasteiger partial charge in [0.05, 0.1) is 4.90 Å². The molecule has 2 rings (SSSR count). The molecular formula is C14H17N4NaO2S. The number of anilines is 1. The molecule has 0 fully saturated rings. The van der Waals surface area contributed by atoms with E-state index >= 15 is 0 Å². The Morgan fingerprint density at radius 1 is 1.18 bits per heavy atom. The summed E-state index contributed by atoms with van der Waals surface area (Å²) in [5, 5.41) is 0. The smallest absolute Gasteiger partial charge is 0.423 e. The zero-order chi connectivity index (χ0) is 15.5. The third-order valence-electron chi connectivity index (χ3n) is 2.75. The van der Waals surface area contributed by atoms with Crippen molar-refractivity contribution < 1.29 is 38.0 Å². The van der Waals surface area contributed by atoms with Gasteiger partial charge in [0.15, 0.2) is 0 Å². The summed E-state index contributed by atoms with van der Waals surface area (Å²) in [4.78, 5) is 8.51. The van der Waals surface area contributed by atoms with Crippen molar-refractivity contribution in [1.82, 2.24) is 9.97 Å². The number of rotatable bonds is 5. The van der Waals surface area contributed by atoms with Crippen LogP contribution in [0.15, 0.2) is 35.2 Å². The predicted molar refractivity (Wildman–Crippen MR) is 81.8 cm³/mol. The summed E-state index contributed by atoms with van der Waals surface area (Å²) in [6, 6.07) is 7.45. The molecule has 1 aromatic carbocycles. The zero-order valence-corrected chi connectivity index (χ0v) is 15.8. The van der Waals surface area contributed by atoms with E-state index in [1.54, 1.807) is 13.0 Å². The molecule has 0 aliphatic heterocycles. The molecule has 0 aliphatic rings. The number of aromatic nitrogens is 2. The van der Waals surface area contributed by atoms with Crippen LogP contribution in [0, 0.1) is 6.92 Å². The van der Waals surface area contributed by atoms with E-state index in [4.69, 9.17) is 5.73 Å². The largest absolute Gasteiger partial charge is 1.00 e. The summed E-state index contributed by atoms with van der Waals surface area (Å²) in [5.41, 5.74) is 6.74. The standard InChI is InChI=1S/C14H17N4O2S.Na/c1-3-4-13-16-10(2)9-14(17-13)18-21(19,20)12-7-5-11(15)6-8-12;/h5-9H,3-4,15H2,1-2H3;/q-1;+1. The van der Waals surface area contributed by atoms with E-state index in [0.717, 1.165) is 6.42 Å². The summed E-state index contributed by atoms with van der Waals surface area (Å²) < 4.78 is 28.2. The van der Waals surface area contributed by atoms with E-state index in [1.165, 1.54) is 24.3 Å². The average molecular weight is 328 g/mol. The second-order valence-electron chi connectivity index (χ2n) is 4.67. The van der Waals surface area contributed by atoms with Gasteiger partial charge in [-0.15, -0.1) is 0 Å². The molecule has 0 radical (unpaired) electrons. The average Bonchev–Trinajstić information content (AvgIpc) is 2.38. The number of nitrogens with zero attached hydrogens (tertiary/aromatic N) is 3. The number of hydrogen-bond donors (Lipinski definition) is 1. The van der Waals surface area contributed by atoms with E-state index in [9.17, 15) is 8.42 Å². The maximum absolute atomic E-state index is 12.2. The number of nitrogens with two attached hydrogens (primary N) is 1. The molecular weight excluding hydrogens is 311 g/mol. The molecule has 0 spiro atoms. The minimum absolute atomic E-state index is 0. The molecule has 8 heteroatoms. The van der Waals surface area contributed by atoms with Crippen molar-refractivity contribution in [2.24, 2.45) is 0 Å². The summed E-state index contributed by atoms with van der Waals surface area (Å²) >= 11 is 0. The second-order valence-corrected chi connectivity index (χ2v) is 6.27. The number of benzene rings is 1. The van der Waals surface area contributed by atoms with Crippen LogP contribution in [0.3, 0.4) is 0 Å². The first kappa shape index (κ1) is 18.9. The second kappa shape index (κ2) is 7.92. The van der Waals surface area contributed by atoms with E-state index < -0.39 is 10.0 Å². The van der Waals surface area contributed by atoms with Crippen LogP contribution in [0.2, 0.25) is 0 Å². The van der Waals surface area contributed by atoms with Crippen LogP contribution in [-0.2, 0) is 16.4 Å². The maximum Gasteiger partial charge on any atom is 1.00 e. The Morgan fingerprint density at radius 2 is 1.82 bits per heavy atom. The van der Waals surface area contributed by atoms with Crippen LogP contribution < -0.4 is 35.3 Å². The van der Waals surface area contributed by atoms with Gasteiger partial charge in [-0.05, 0) is 49.5 Å². The van der Waals surface area contributed by atoms with Crippen LogP contribution in [0.1, 0.15) is 24.9 Å². The van der Waals surface area contributed by atoms with Crippen molar-refractivity contribution in [2.75, 3.05) is 5.73 Å². The van der Waals surface area contributed by atoms with Crippen LogP contribution >= 0.6 is 0 Å². The van der Waals surface area contributed by atoms with Crippen molar-refractivity contribution in [3.63, 3.8) is 0 Å². The summed E-state index contributed by atoms with van der Waals surface area (Å²) in [6.45, 7) is 3.79. The van der Waals surface area contributed by atoms with E-state index in [0.29, 0.717) is 23.6 Å². The summed E-state index contributed by atoms with van der Waals surface area (Å²) in [6.07, 6.45) is 1.57. The van der Waals surface area contributed by atoms with Gasteiger partial charge in [-0.1, -0.05) is 13.3 Å². The molecule has 0 unspecified atom stereocenters. The van der Waals surface area contributed by atoms with Crippen LogP contribution in [0.5, 0.6) is 0 Å². The van der Waals surface area contributed by atoms with Crippen molar-refractivity contribution in [3.8, 4) is 0 Å². The topological polar surface area (TPSA) is 100 Å². The van der Waals surface area contributed by atoms with Crippen molar-refractivity contribution in [2.45, 2.75) is 31.6 Å². The Hall–Kier alpha value is -1.15. The maximum atomic E-state index is 12.2. The number of hydrogen-bond acceptors (Lipinski definition) is 5. The van der Waals surface area contributed by atoms with Gasteiger partial charge in [0.1, 0.15) is 0 Å². The van der Waals surface area contributed by atoms with E-state index in [-0.39, 0.29) is 40.3 Å². The molecule has 6 nitrogen and oxygen atoms in total. The monoisotopic (exact) mass is 328 g/mol. The van der Waals surface area contributed by atoms with Gasteiger partial charge >= 0.3 is 29.6 Å². The van der Waals surface area contributed by atoms with Gasteiger partial charge < -0.3 is 15.4 Å². The van der Waals surface area contributed by atoms with E-state index in [1.807, 2.05) is 6.92 Å². The summed E-state index contributed by atoms with van der Waals surface area (Å²) in [5.74, 6) is 0.756. The van der Waals surface area contributed by atoms with Crippen molar-refractivity contribution in [1.29, 1.82) is 0 Å². The van der Waals surface area contributed by atoms with Gasteiger partial charge in [-0.3, -0.25) is 4.98 Å². The van der Waals surface area contributed by atoms with E-state index in [2.05, 4.69) is 14.7 Å². The normalized spacial score (nSPS) is 10.8. The molecule has 0 aliphatic carbocycles. The number of aryl methyl sites for hydroxylation is 2. The SMILES string of the molecule is CCCc1nc(C)cc([N-]S(=O)(=O)c2ccc(N)cc2)n1.[Na+]. The Labute approximate surface area is 152 Å². The molecule has 2 N–H and O–H groups in total. The van der Waals surface area contributed by atoms with Crippen LogP contribution in [0.4, 0.5) is 11.5 Å². The molecule has 0 saturated carbocycles. The molecule has 0 amide bonds. The van der Waals surface area contributed by atoms with Gasteiger partial charge in [0.25, 0.3) is 0 Å². The fraction of sp³-hybridized carbons (Fsp3) is 0.286. The molecule has 0 bridgehead atoms. The van der Waals surface area contributed by atoms with Crippen LogP contribution in [0.25, 0.3) is 4.72 Å². The Morgan fingerprint density at radius 3 is 2.41 bits per heavy atom. The molecule has 2 aromatic rings. The van der Waals surface area contributed by atoms with Crippen molar-refractivity contribution >= 4 is 21.5 Å². The Balaban J connectivity index is 0.00000242. The van der Waals surface area contributed by atoms with Gasteiger partial charge in [0.2, 0.25) is 10.0 Å². The molecule has 22 heavy (non-hydrogen) atoms. The summed E-state index contributed by atoms with van der Waals surface area (Å²) in [7, 11) is -3.80. The van der Waals surface area contributed by atoms with Gasteiger partial charge in [-0.2, -0.15) is 0 Å². The fourth-order valence-electron chi connectivity index (χ4n) is 1.81. The van der Waals surface area contributed by atoms with Crippen LogP contribution in [-0.4, -0.2) is 18.4 Å². The molecule has 0 saturated heterocycles. The third-order valence-corrected chi connectivity index (χ3v) is 4.05. The number of sulfonamides is 1. The molecule has 1 aromatic heterocycles. The third kappa shape index (κ3) is 4.95. The minimum Gasteiger partial charge on any atom is -0.423 e. The van der Waals surface area contributed by atoms with Crippen molar-refractivity contribution in [3.05, 3.63) is 46.6 Å². The Bertz CT molecular complexity index is 733. The Kier molecular flexibility index (Phi) is 6.80. The van der Waals surface area contributed by atoms with Gasteiger partial charge in [-0.25, -0.2) is 8.42 Å². The minimum atomic E-state index is -3.80. The first-order chi connectivity index (χ1) is 9.90. The molecule has 112 valence electrons. The fourth-order valence-corrected chi connectivity index (χ4v) is 2.74. The number of nitrogen functional groups attached to an aromatic ring is 1.